The van der Waals surface area contributed by atoms with E-state index in [0.29, 0.717) is 6.04 Å². The summed E-state index contributed by atoms with van der Waals surface area (Å²) < 4.78 is 5.98. The SMILES string of the molecule is NC(Cc1ccn(C2CCCCC2)n1)c1csnn1. The molecule has 0 aromatic carbocycles. The minimum atomic E-state index is -0.103. The summed E-state index contributed by atoms with van der Waals surface area (Å²) >= 11 is 1.34. The van der Waals surface area contributed by atoms with E-state index in [1.54, 1.807) is 0 Å². The first-order chi connectivity index (χ1) is 9.33. The van der Waals surface area contributed by atoms with Crippen molar-refractivity contribution in [2.45, 2.75) is 50.6 Å². The predicted molar refractivity (Wildman–Crippen MR) is 74.9 cm³/mol. The van der Waals surface area contributed by atoms with Crippen molar-refractivity contribution in [2.75, 3.05) is 0 Å². The molecule has 3 rings (SSSR count). The van der Waals surface area contributed by atoms with E-state index in [-0.39, 0.29) is 6.04 Å². The van der Waals surface area contributed by atoms with Crippen molar-refractivity contribution in [1.29, 1.82) is 0 Å². The average Bonchev–Trinajstić information content (AvgIpc) is 3.11. The third-order valence-electron chi connectivity index (χ3n) is 3.80. The second-order valence-corrected chi connectivity index (χ2v) is 5.83. The van der Waals surface area contributed by atoms with Crippen LogP contribution in [0.3, 0.4) is 0 Å². The molecule has 2 aromatic rings. The van der Waals surface area contributed by atoms with Crippen LogP contribution in [0.15, 0.2) is 17.6 Å². The Morgan fingerprint density at radius 3 is 2.95 bits per heavy atom. The highest BCUT2D eigenvalue weighted by atomic mass is 32.1. The van der Waals surface area contributed by atoms with E-state index in [1.165, 1.54) is 43.6 Å². The van der Waals surface area contributed by atoms with Gasteiger partial charge in [0.2, 0.25) is 0 Å². The molecule has 102 valence electrons. The van der Waals surface area contributed by atoms with Crippen LogP contribution in [0.25, 0.3) is 0 Å². The number of hydrogen-bond donors (Lipinski definition) is 1. The lowest BCUT2D eigenvalue weighted by atomic mass is 9.96. The standard InChI is InChI=1S/C13H19N5S/c14-12(13-9-19-17-15-13)8-10-6-7-18(16-10)11-4-2-1-3-5-11/h6-7,9,11-12H,1-5,8,14H2. The molecule has 0 saturated heterocycles. The van der Waals surface area contributed by atoms with Gasteiger partial charge in [-0.3, -0.25) is 4.68 Å². The van der Waals surface area contributed by atoms with Crippen LogP contribution in [0.1, 0.15) is 55.6 Å². The number of rotatable bonds is 4. The summed E-state index contributed by atoms with van der Waals surface area (Å²) in [5.41, 5.74) is 8.02. The van der Waals surface area contributed by atoms with Gasteiger partial charge < -0.3 is 5.73 Å². The fourth-order valence-corrected chi connectivity index (χ4v) is 3.22. The Balaban J connectivity index is 1.64. The molecule has 1 unspecified atom stereocenters. The molecule has 1 saturated carbocycles. The van der Waals surface area contributed by atoms with Gasteiger partial charge in [-0.05, 0) is 30.4 Å². The molecule has 0 amide bonds. The van der Waals surface area contributed by atoms with Gasteiger partial charge in [0.05, 0.1) is 23.5 Å². The Labute approximate surface area is 117 Å². The van der Waals surface area contributed by atoms with Crippen LogP contribution in [-0.4, -0.2) is 19.4 Å². The maximum absolute atomic E-state index is 6.11. The summed E-state index contributed by atoms with van der Waals surface area (Å²) in [7, 11) is 0. The molecular formula is C13H19N5S. The zero-order valence-corrected chi connectivity index (χ0v) is 11.7. The van der Waals surface area contributed by atoms with Crippen molar-refractivity contribution in [3.63, 3.8) is 0 Å². The molecule has 0 radical (unpaired) electrons. The summed E-state index contributed by atoms with van der Waals surface area (Å²) in [5.74, 6) is 0. The minimum Gasteiger partial charge on any atom is -0.322 e. The second-order valence-electron chi connectivity index (χ2n) is 5.22. The minimum absolute atomic E-state index is 0.103. The molecule has 6 heteroatoms. The first kappa shape index (κ1) is 12.7. The van der Waals surface area contributed by atoms with E-state index in [9.17, 15) is 0 Å². The van der Waals surface area contributed by atoms with Crippen LogP contribution in [0.2, 0.25) is 0 Å². The Bertz CT molecular complexity index is 501. The summed E-state index contributed by atoms with van der Waals surface area (Å²) in [4.78, 5) is 0. The largest absolute Gasteiger partial charge is 0.322 e. The lowest BCUT2D eigenvalue weighted by Gasteiger charge is -2.21. The smallest absolute Gasteiger partial charge is 0.0926 e. The third kappa shape index (κ3) is 3.01. The van der Waals surface area contributed by atoms with E-state index in [0.717, 1.165) is 17.8 Å². The lowest BCUT2D eigenvalue weighted by molar-refractivity contribution is 0.328. The van der Waals surface area contributed by atoms with E-state index in [4.69, 9.17) is 5.73 Å². The van der Waals surface area contributed by atoms with Crippen LogP contribution in [0.5, 0.6) is 0 Å². The van der Waals surface area contributed by atoms with Crippen LogP contribution in [0.4, 0.5) is 0 Å². The highest BCUT2D eigenvalue weighted by Crippen LogP contribution is 2.27. The van der Waals surface area contributed by atoms with Crippen molar-refractivity contribution < 1.29 is 0 Å². The van der Waals surface area contributed by atoms with Gasteiger partial charge in [-0.2, -0.15) is 5.10 Å². The number of hydrogen-bond acceptors (Lipinski definition) is 5. The molecule has 2 aromatic heterocycles. The van der Waals surface area contributed by atoms with Crippen molar-refractivity contribution in [3.8, 4) is 0 Å². The Morgan fingerprint density at radius 1 is 1.37 bits per heavy atom. The molecule has 19 heavy (non-hydrogen) atoms. The van der Waals surface area contributed by atoms with Crippen molar-refractivity contribution in [2.24, 2.45) is 5.73 Å². The van der Waals surface area contributed by atoms with E-state index in [2.05, 4.69) is 31.6 Å². The molecule has 1 fully saturated rings. The molecule has 0 bridgehead atoms. The lowest BCUT2D eigenvalue weighted by Crippen LogP contribution is -2.16. The van der Waals surface area contributed by atoms with Crippen molar-refractivity contribution in [3.05, 3.63) is 29.0 Å². The van der Waals surface area contributed by atoms with Gasteiger partial charge in [0.25, 0.3) is 0 Å². The van der Waals surface area contributed by atoms with Gasteiger partial charge in [0, 0.05) is 18.0 Å². The van der Waals surface area contributed by atoms with E-state index in [1.807, 2.05) is 5.38 Å². The van der Waals surface area contributed by atoms with Gasteiger partial charge in [0.1, 0.15) is 0 Å². The number of nitrogens with zero attached hydrogens (tertiary/aromatic N) is 4. The van der Waals surface area contributed by atoms with Crippen LogP contribution >= 0.6 is 11.5 Å². The quantitative estimate of drug-likeness (QED) is 0.932. The molecule has 1 aliphatic rings. The van der Waals surface area contributed by atoms with Gasteiger partial charge in [-0.1, -0.05) is 23.8 Å². The highest BCUT2D eigenvalue weighted by Gasteiger charge is 2.17. The fraction of sp³-hybridized carbons (Fsp3) is 0.615. The Morgan fingerprint density at radius 2 is 2.21 bits per heavy atom. The number of nitrogens with two attached hydrogens (primary N) is 1. The highest BCUT2D eigenvalue weighted by molar-refractivity contribution is 7.03. The molecule has 1 atom stereocenters. The second kappa shape index (κ2) is 5.79. The summed E-state index contributed by atoms with van der Waals surface area (Å²) in [6.07, 6.45) is 9.34. The molecular weight excluding hydrogens is 258 g/mol. The average molecular weight is 277 g/mol. The molecule has 2 heterocycles. The summed E-state index contributed by atoms with van der Waals surface area (Å²) in [5, 5.41) is 10.6. The maximum atomic E-state index is 6.11. The molecule has 2 N–H and O–H groups in total. The Kier molecular flexibility index (Phi) is 3.89. The van der Waals surface area contributed by atoms with Crippen LogP contribution < -0.4 is 5.73 Å². The molecule has 0 spiro atoms. The fourth-order valence-electron chi connectivity index (χ4n) is 2.70. The Hall–Kier alpha value is -1.27. The zero-order chi connectivity index (χ0) is 13.1. The zero-order valence-electron chi connectivity index (χ0n) is 10.9. The summed E-state index contributed by atoms with van der Waals surface area (Å²) in [6.45, 7) is 0. The molecule has 5 nitrogen and oxygen atoms in total. The van der Waals surface area contributed by atoms with E-state index < -0.39 is 0 Å². The first-order valence-electron chi connectivity index (χ1n) is 6.89. The first-order valence-corrected chi connectivity index (χ1v) is 7.73. The van der Waals surface area contributed by atoms with Gasteiger partial charge >= 0.3 is 0 Å². The van der Waals surface area contributed by atoms with Crippen molar-refractivity contribution >= 4 is 11.5 Å². The maximum Gasteiger partial charge on any atom is 0.0926 e. The van der Waals surface area contributed by atoms with Gasteiger partial charge in [-0.25, -0.2) is 0 Å². The predicted octanol–water partition coefficient (Wildman–Crippen LogP) is 2.48. The summed E-state index contributed by atoms with van der Waals surface area (Å²) in [6, 6.07) is 2.56. The molecule has 1 aliphatic carbocycles. The normalized spacial score (nSPS) is 18.6. The van der Waals surface area contributed by atoms with E-state index >= 15 is 0 Å². The third-order valence-corrected chi connectivity index (χ3v) is 4.32. The molecule has 0 aliphatic heterocycles. The topological polar surface area (TPSA) is 69.6 Å². The van der Waals surface area contributed by atoms with Crippen LogP contribution in [0, 0.1) is 0 Å². The van der Waals surface area contributed by atoms with Gasteiger partial charge in [-0.15, -0.1) is 5.10 Å². The monoisotopic (exact) mass is 277 g/mol. The van der Waals surface area contributed by atoms with Gasteiger partial charge in [0.15, 0.2) is 0 Å². The number of aromatic nitrogens is 4. The van der Waals surface area contributed by atoms with Crippen molar-refractivity contribution in [1.82, 2.24) is 19.4 Å². The van der Waals surface area contributed by atoms with Crippen LogP contribution in [-0.2, 0) is 6.42 Å².